The first-order chi connectivity index (χ1) is 14.3. The summed E-state index contributed by atoms with van der Waals surface area (Å²) in [5, 5.41) is 7.30. The molecular weight excluding hydrogens is 416 g/mol. The number of nitrogens with zero attached hydrogens (tertiary/aromatic N) is 4. The van der Waals surface area contributed by atoms with E-state index in [1.807, 2.05) is 20.8 Å². The highest BCUT2D eigenvalue weighted by molar-refractivity contribution is 6.33. The fourth-order valence-electron chi connectivity index (χ4n) is 2.82. The molecule has 0 bridgehead atoms. The normalized spacial score (nSPS) is 12.5. The van der Waals surface area contributed by atoms with Crippen LogP contribution in [0, 0.1) is 17.6 Å². The molecule has 30 heavy (non-hydrogen) atoms. The number of aromatic nitrogens is 4. The second kappa shape index (κ2) is 9.53. The van der Waals surface area contributed by atoms with Crippen LogP contribution in [0.3, 0.4) is 0 Å². The quantitative estimate of drug-likeness (QED) is 0.388. The molecule has 2 heterocycles. The van der Waals surface area contributed by atoms with E-state index in [1.54, 1.807) is 7.11 Å². The van der Waals surface area contributed by atoms with Gasteiger partial charge < -0.3 is 14.8 Å². The summed E-state index contributed by atoms with van der Waals surface area (Å²) in [6, 6.07) is 2.22. The largest absolute Gasteiger partial charge is 0.493 e. The monoisotopic (exact) mass is 439 g/mol. The van der Waals surface area contributed by atoms with Gasteiger partial charge in [0.25, 0.3) is 5.78 Å². The summed E-state index contributed by atoms with van der Waals surface area (Å²) in [7, 11) is 1.57. The van der Waals surface area contributed by atoms with Crippen LogP contribution in [0.15, 0.2) is 18.5 Å². The first-order valence-corrected chi connectivity index (χ1v) is 9.98. The lowest BCUT2D eigenvalue weighted by Crippen LogP contribution is -2.24. The number of rotatable bonds is 9. The highest BCUT2D eigenvalue weighted by atomic mass is 35.5. The topological polar surface area (TPSA) is 73.6 Å². The Balaban J connectivity index is 2.08. The molecule has 1 N–H and O–H groups in total. The van der Waals surface area contributed by atoms with Crippen molar-refractivity contribution < 1.29 is 18.3 Å². The van der Waals surface area contributed by atoms with Crippen LogP contribution >= 0.6 is 11.6 Å². The molecule has 0 aliphatic heterocycles. The maximum absolute atomic E-state index is 15.0. The van der Waals surface area contributed by atoms with Crippen LogP contribution in [0.1, 0.15) is 27.2 Å². The fourth-order valence-corrected chi connectivity index (χ4v) is 3.08. The van der Waals surface area contributed by atoms with Crippen molar-refractivity contribution in [3.63, 3.8) is 0 Å². The first-order valence-electron chi connectivity index (χ1n) is 9.60. The number of ether oxygens (including phenoxy) is 2. The molecule has 2 aromatic heterocycles. The highest BCUT2D eigenvalue weighted by Gasteiger charge is 2.25. The molecule has 0 unspecified atom stereocenters. The van der Waals surface area contributed by atoms with Gasteiger partial charge in [-0.1, -0.05) is 25.4 Å². The summed E-state index contributed by atoms with van der Waals surface area (Å²) in [5.41, 5.74) is -0.240. The molecule has 0 aliphatic carbocycles. The Bertz CT molecular complexity index is 1000. The van der Waals surface area contributed by atoms with Gasteiger partial charge in [-0.15, -0.1) is 0 Å². The van der Waals surface area contributed by atoms with Crippen LogP contribution in [0.4, 0.5) is 14.6 Å². The van der Waals surface area contributed by atoms with E-state index in [9.17, 15) is 0 Å². The van der Waals surface area contributed by atoms with Gasteiger partial charge >= 0.3 is 0 Å². The number of benzene rings is 1. The van der Waals surface area contributed by atoms with E-state index in [1.165, 1.54) is 10.8 Å². The van der Waals surface area contributed by atoms with Crippen molar-refractivity contribution in [2.75, 3.05) is 25.6 Å². The van der Waals surface area contributed by atoms with E-state index in [0.29, 0.717) is 18.8 Å². The molecule has 3 rings (SSSR count). The lowest BCUT2D eigenvalue weighted by atomic mass is 10.0. The Labute approximate surface area is 178 Å². The van der Waals surface area contributed by atoms with E-state index in [4.69, 9.17) is 21.1 Å². The first kappa shape index (κ1) is 22.2. The summed E-state index contributed by atoms with van der Waals surface area (Å²) in [4.78, 5) is 8.17. The number of nitrogens with one attached hydrogen (secondary N) is 1. The predicted molar refractivity (Wildman–Crippen MR) is 111 cm³/mol. The average molecular weight is 440 g/mol. The van der Waals surface area contributed by atoms with Gasteiger partial charge in [0.05, 0.1) is 17.7 Å². The van der Waals surface area contributed by atoms with E-state index >= 15 is 8.78 Å². The molecule has 0 saturated carbocycles. The molecule has 7 nitrogen and oxygen atoms in total. The molecule has 162 valence electrons. The molecule has 0 amide bonds. The molecular formula is C20H24ClF2N5O2. The Hall–Kier alpha value is -2.52. The van der Waals surface area contributed by atoms with Gasteiger partial charge in [-0.3, -0.25) is 0 Å². The standard InChI is InChI=1S/C20H24ClF2N5O2/c1-11(2)12(3)26-19-17(18(21)27-20-24-10-25-28(19)20)16-14(22)8-13(9-15(16)23)30-7-5-6-29-4/h8-12,26H,5-7H2,1-4H3/t12-/m1/s1. The van der Waals surface area contributed by atoms with E-state index in [2.05, 4.69) is 20.4 Å². The third kappa shape index (κ3) is 4.62. The third-order valence-corrected chi connectivity index (χ3v) is 5.05. The zero-order chi connectivity index (χ0) is 21.8. The minimum Gasteiger partial charge on any atom is -0.493 e. The van der Waals surface area contributed by atoms with Crippen molar-refractivity contribution in [1.82, 2.24) is 19.6 Å². The van der Waals surface area contributed by atoms with Crippen molar-refractivity contribution in [2.45, 2.75) is 33.2 Å². The van der Waals surface area contributed by atoms with Crippen molar-refractivity contribution in [3.8, 4) is 16.9 Å². The van der Waals surface area contributed by atoms with Crippen LogP contribution in [-0.2, 0) is 4.74 Å². The maximum Gasteiger partial charge on any atom is 0.255 e. The Morgan fingerprint density at radius 2 is 1.83 bits per heavy atom. The van der Waals surface area contributed by atoms with Gasteiger partial charge in [0, 0.05) is 38.3 Å². The molecule has 1 atom stereocenters. The summed E-state index contributed by atoms with van der Waals surface area (Å²) in [5.74, 6) is -0.779. The van der Waals surface area contributed by atoms with Gasteiger partial charge in [0.1, 0.15) is 34.7 Å². The number of hydrogen-bond donors (Lipinski definition) is 1. The molecule has 1 aromatic carbocycles. The van der Waals surface area contributed by atoms with Gasteiger partial charge in [0.15, 0.2) is 0 Å². The number of methoxy groups -OCH3 is 1. The zero-order valence-corrected chi connectivity index (χ0v) is 18.0. The van der Waals surface area contributed by atoms with Gasteiger partial charge in [0.2, 0.25) is 0 Å². The van der Waals surface area contributed by atoms with Crippen LogP contribution < -0.4 is 10.1 Å². The second-order valence-electron chi connectivity index (χ2n) is 7.23. The third-order valence-electron chi connectivity index (χ3n) is 4.77. The SMILES string of the molecule is COCCCOc1cc(F)c(-c2c(Cl)nc3ncnn3c2N[C@H](C)C(C)C)c(F)c1. The smallest absolute Gasteiger partial charge is 0.255 e. The Kier molecular flexibility index (Phi) is 7.04. The van der Waals surface area contributed by atoms with Crippen molar-refractivity contribution >= 4 is 23.2 Å². The van der Waals surface area contributed by atoms with Crippen LogP contribution in [-0.4, -0.2) is 45.9 Å². The van der Waals surface area contributed by atoms with Gasteiger partial charge in [-0.05, 0) is 12.8 Å². The predicted octanol–water partition coefficient (Wildman–Crippen LogP) is 4.59. The summed E-state index contributed by atoms with van der Waals surface area (Å²) >= 11 is 6.35. The Morgan fingerprint density at radius 3 is 2.47 bits per heavy atom. The second-order valence-corrected chi connectivity index (χ2v) is 7.59. The summed E-state index contributed by atoms with van der Waals surface area (Å²) in [6.45, 7) is 6.77. The minimum atomic E-state index is -0.819. The molecule has 10 heteroatoms. The summed E-state index contributed by atoms with van der Waals surface area (Å²) < 4.78 is 41.8. The van der Waals surface area contributed by atoms with Gasteiger partial charge in [-0.2, -0.15) is 19.6 Å². The van der Waals surface area contributed by atoms with Crippen LogP contribution in [0.25, 0.3) is 16.9 Å². The number of anilines is 1. The molecule has 3 aromatic rings. The average Bonchev–Trinajstić information content (AvgIpc) is 3.14. The molecule has 0 radical (unpaired) electrons. The van der Waals surface area contributed by atoms with E-state index in [0.717, 1.165) is 12.1 Å². The number of hydrogen-bond acceptors (Lipinski definition) is 6. The van der Waals surface area contributed by atoms with Crippen molar-refractivity contribution in [1.29, 1.82) is 0 Å². The van der Waals surface area contributed by atoms with E-state index in [-0.39, 0.29) is 46.4 Å². The van der Waals surface area contributed by atoms with Crippen molar-refractivity contribution in [3.05, 3.63) is 35.2 Å². The zero-order valence-electron chi connectivity index (χ0n) is 17.2. The molecule has 0 saturated heterocycles. The van der Waals surface area contributed by atoms with Crippen molar-refractivity contribution in [2.24, 2.45) is 5.92 Å². The molecule has 0 aliphatic rings. The molecule has 0 spiro atoms. The lowest BCUT2D eigenvalue weighted by molar-refractivity contribution is 0.172. The summed E-state index contributed by atoms with van der Waals surface area (Å²) in [6.07, 6.45) is 1.90. The maximum atomic E-state index is 15.0. The molecule has 0 fully saturated rings. The minimum absolute atomic E-state index is 0.0378. The highest BCUT2D eigenvalue weighted by Crippen LogP contribution is 2.39. The lowest BCUT2D eigenvalue weighted by Gasteiger charge is -2.22. The number of fused-ring (bicyclic) bond motifs is 1. The van der Waals surface area contributed by atoms with Crippen LogP contribution in [0.2, 0.25) is 5.15 Å². The van der Waals surface area contributed by atoms with E-state index < -0.39 is 11.6 Å². The number of halogens is 3. The van der Waals surface area contributed by atoms with Gasteiger partial charge in [-0.25, -0.2) is 8.78 Å². The fraction of sp³-hybridized carbons (Fsp3) is 0.450. The van der Waals surface area contributed by atoms with Crippen LogP contribution in [0.5, 0.6) is 5.75 Å². The Morgan fingerprint density at radius 1 is 1.13 bits per heavy atom.